The number of hydrogen-bond donors (Lipinski definition) is 1. The minimum absolute atomic E-state index is 0.504. The molecule has 1 fully saturated rings. The lowest BCUT2D eigenvalue weighted by atomic mass is 10.1. The van der Waals surface area contributed by atoms with Crippen LogP contribution in [0.3, 0.4) is 0 Å². The highest BCUT2D eigenvalue weighted by Gasteiger charge is 2.23. The van der Waals surface area contributed by atoms with E-state index in [0.29, 0.717) is 12.0 Å². The Kier molecular flexibility index (Phi) is 5.43. The maximum atomic E-state index is 5.63. The lowest BCUT2D eigenvalue weighted by Gasteiger charge is -2.34. The first-order chi connectivity index (χ1) is 9.56. The number of nitrogens with one attached hydrogen (secondary N) is 1. The number of nitrogens with zero attached hydrogens (tertiary/aromatic N) is 3. The highest BCUT2D eigenvalue weighted by molar-refractivity contribution is 5.28. The van der Waals surface area contributed by atoms with Crippen molar-refractivity contribution >= 4 is 6.01 Å². The summed E-state index contributed by atoms with van der Waals surface area (Å²) >= 11 is 0. The van der Waals surface area contributed by atoms with Gasteiger partial charge in [-0.25, -0.2) is 0 Å². The number of rotatable bonds is 6. The van der Waals surface area contributed by atoms with Gasteiger partial charge < -0.3 is 19.5 Å². The lowest BCUT2D eigenvalue weighted by Crippen LogP contribution is -2.45. The lowest BCUT2D eigenvalue weighted by molar-refractivity contribution is 0.244. The van der Waals surface area contributed by atoms with E-state index in [9.17, 15) is 0 Å². The zero-order valence-electron chi connectivity index (χ0n) is 13.2. The van der Waals surface area contributed by atoms with Crippen LogP contribution in [-0.2, 0) is 6.54 Å². The minimum atomic E-state index is 0.504. The zero-order chi connectivity index (χ0) is 14.5. The van der Waals surface area contributed by atoms with Gasteiger partial charge in [0, 0.05) is 26.2 Å². The number of anilines is 1. The van der Waals surface area contributed by atoms with Crippen LogP contribution in [0.5, 0.6) is 0 Å². The van der Waals surface area contributed by atoms with E-state index < -0.39 is 0 Å². The highest BCUT2D eigenvalue weighted by Crippen LogP contribution is 2.20. The molecule has 0 radical (unpaired) electrons. The molecule has 0 aromatic carbocycles. The number of piperidine rings is 1. The van der Waals surface area contributed by atoms with Gasteiger partial charge in [0.05, 0.1) is 5.69 Å². The van der Waals surface area contributed by atoms with Crippen molar-refractivity contribution in [3.63, 3.8) is 0 Å². The van der Waals surface area contributed by atoms with Gasteiger partial charge in [0.2, 0.25) is 0 Å². The van der Waals surface area contributed by atoms with Gasteiger partial charge in [-0.15, -0.1) is 0 Å². The molecule has 2 rings (SSSR count). The van der Waals surface area contributed by atoms with E-state index >= 15 is 0 Å². The van der Waals surface area contributed by atoms with E-state index in [1.54, 1.807) is 6.26 Å². The second-order valence-corrected chi connectivity index (χ2v) is 6.32. The molecule has 1 saturated heterocycles. The predicted octanol–water partition coefficient (Wildman–Crippen LogP) is 1.95. The number of aromatic nitrogens is 1. The van der Waals surface area contributed by atoms with Crippen molar-refractivity contribution in [2.24, 2.45) is 5.92 Å². The maximum Gasteiger partial charge on any atom is 0.297 e. The average molecular weight is 280 g/mol. The van der Waals surface area contributed by atoms with Gasteiger partial charge in [0.15, 0.2) is 0 Å². The largest absolute Gasteiger partial charge is 0.432 e. The van der Waals surface area contributed by atoms with E-state index in [-0.39, 0.29) is 0 Å². The van der Waals surface area contributed by atoms with Gasteiger partial charge in [0.25, 0.3) is 6.01 Å². The van der Waals surface area contributed by atoms with Crippen molar-refractivity contribution in [3.8, 4) is 0 Å². The summed E-state index contributed by atoms with van der Waals surface area (Å²) in [6.45, 7) is 8.47. The molecular formula is C15H28N4O. The fraction of sp³-hybridized carbons (Fsp3) is 0.800. The van der Waals surface area contributed by atoms with Gasteiger partial charge in [-0.2, -0.15) is 4.98 Å². The molecule has 20 heavy (non-hydrogen) atoms. The molecule has 0 amide bonds. The standard InChI is InChI=1S/C15H28N4O/c1-12(2)8-16-9-13-11-20-15(17-13)19(4)14-6-5-7-18(3)10-14/h11-12,14,16H,5-10H2,1-4H3. The molecule has 1 N–H and O–H groups in total. The van der Waals surface area contributed by atoms with Crippen molar-refractivity contribution in [2.45, 2.75) is 39.3 Å². The summed E-state index contributed by atoms with van der Waals surface area (Å²) in [4.78, 5) is 9.14. The number of hydrogen-bond acceptors (Lipinski definition) is 5. The molecule has 0 saturated carbocycles. The van der Waals surface area contributed by atoms with Crippen LogP contribution in [0.15, 0.2) is 10.7 Å². The van der Waals surface area contributed by atoms with E-state index in [2.05, 4.69) is 48.0 Å². The molecule has 114 valence electrons. The summed E-state index contributed by atoms with van der Waals surface area (Å²) in [5.41, 5.74) is 0.983. The number of likely N-dealkylation sites (N-methyl/N-ethyl adjacent to an activating group) is 2. The van der Waals surface area contributed by atoms with Crippen LogP contribution in [0.2, 0.25) is 0 Å². The van der Waals surface area contributed by atoms with E-state index in [4.69, 9.17) is 4.42 Å². The second kappa shape index (κ2) is 7.09. The maximum absolute atomic E-state index is 5.63. The predicted molar refractivity (Wildman–Crippen MR) is 82.0 cm³/mol. The van der Waals surface area contributed by atoms with Crippen molar-refractivity contribution < 1.29 is 4.42 Å². The highest BCUT2D eigenvalue weighted by atomic mass is 16.4. The molecule has 1 aromatic rings. The first-order valence-electron chi connectivity index (χ1n) is 7.62. The molecule has 1 aromatic heterocycles. The average Bonchev–Trinajstić information content (AvgIpc) is 2.86. The van der Waals surface area contributed by atoms with Crippen molar-refractivity contribution in [1.29, 1.82) is 0 Å². The minimum Gasteiger partial charge on any atom is -0.432 e. The van der Waals surface area contributed by atoms with Gasteiger partial charge in [-0.1, -0.05) is 13.8 Å². The van der Waals surface area contributed by atoms with Crippen LogP contribution >= 0.6 is 0 Å². The molecule has 0 bridgehead atoms. The van der Waals surface area contributed by atoms with Crippen LogP contribution < -0.4 is 10.2 Å². The quantitative estimate of drug-likeness (QED) is 0.863. The third-order valence-corrected chi connectivity index (χ3v) is 3.85. The summed E-state index contributed by atoms with van der Waals surface area (Å²) in [5, 5.41) is 3.39. The summed E-state index contributed by atoms with van der Waals surface area (Å²) in [6.07, 6.45) is 4.23. The van der Waals surface area contributed by atoms with E-state index in [1.807, 2.05) is 0 Å². The molecule has 1 aliphatic heterocycles. The Hall–Kier alpha value is -1.07. The molecule has 5 nitrogen and oxygen atoms in total. The van der Waals surface area contributed by atoms with Crippen molar-refractivity contribution in [3.05, 3.63) is 12.0 Å². The first-order valence-corrected chi connectivity index (χ1v) is 7.62. The summed E-state index contributed by atoms with van der Waals surface area (Å²) in [7, 11) is 4.26. The Morgan fingerprint density at radius 3 is 3.05 bits per heavy atom. The van der Waals surface area contributed by atoms with Gasteiger partial charge in [-0.3, -0.25) is 0 Å². The smallest absolute Gasteiger partial charge is 0.297 e. The molecule has 5 heteroatoms. The van der Waals surface area contributed by atoms with E-state index in [0.717, 1.165) is 31.3 Å². The fourth-order valence-electron chi connectivity index (χ4n) is 2.64. The Labute approximate surface area is 122 Å². The number of oxazole rings is 1. The normalized spacial score (nSPS) is 20.6. The third-order valence-electron chi connectivity index (χ3n) is 3.85. The van der Waals surface area contributed by atoms with Crippen LogP contribution in [0.25, 0.3) is 0 Å². The molecule has 1 unspecified atom stereocenters. The van der Waals surface area contributed by atoms with Crippen molar-refractivity contribution in [1.82, 2.24) is 15.2 Å². The Morgan fingerprint density at radius 1 is 1.55 bits per heavy atom. The number of likely N-dealkylation sites (tertiary alicyclic amines) is 1. The SMILES string of the molecule is CC(C)CNCc1coc(N(C)C2CCCN(C)C2)n1. The van der Waals surface area contributed by atoms with E-state index in [1.165, 1.54) is 19.4 Å². The second-order valence-electron chi connectivity index (χ2n) is 6.32. The van der Waals surface area contributed by atoms with Crippen molar-refractivity contribution in [2.75, 3.05) is 38.6 Å². The molecular weight excluding hydrogens is 252 g/mol. The monoisotopic (exact) mass is 280 g/mol. The summed E-state index contributed by atoms with van der Waals surface area (Å²) < 4.78 is 5.63. The van der Waals surface area contributed by atoms with Gasteiger partial charge >= 0.3 is 0 Å². The Bertz CT molecular complexity index is 404. The molecule has 0 aliphatic carbocycles. The van der Waals surface area contributed by atoms with Gasteiger partial charge in [0.1, 0.15) is 6.26 Å². The first kappa shape index (κ1) is 15.3. The fourth-order valence-corrected chi connectivity index (χ4v) is 2.64. The molecule has 0 spiro atoms. The van der Waals surface area contributed by atoms with Crippen LogP contribution in [0.1, 0.15) is 32.4 Å². The van der Waals surface area contributed by atoms with Gasteiger partial charge in [-0.05, 0) is 38.9 Å². The third kappa shape index (κ3) is 4.21. The van der Waals surface area contributed by atoms with Crippen LogP contribution in [0, 0.1) is 5.92 Å². The Morgan fingerprint density at radius 2 is 2.35 bits per heavy atom. The molecule has 2 heterocycles. The van der Waals surface area contributed by atoms with Crippen LogP contribution in [0.4, 0.5) is 6.01 Å². The summed E-state index contributed by atoms with van der Waals surface area (Å²) in [5.74, 6) is 0.654. The Balaban J connectivity index is 1.87. The topological polar surface area (TPSA) is 44.5 Å². The summed E-state index contributed by atoms with van der Waals surface area (Å²) in [6, 6.07) is 1.25. The van der Waals surface area contributed by atoms with Crippen LogP contribution in [-0.4, -0.2) is 49.7 Å². The molecule has 1 aliphatic rings. The molecule has 1 atom stereocenters. The zero-order valence-corrected chi connectivity index (χ0v) is 13.2.